The van der Waals surface area contributed by atoms with Gasteiger partial charge in [0.05, 0.1) is 6.61 Å². The van der Waals surface area contributed by atoms with Crippen molar-refractivity contribution in [3.05, 3.63) is 54.4 Å². The predicted octanol–water partition coefficient (Wildman–Crippen LogP) is 2.10. The first-order valence-corrected chi connectivity index (χ1v) is 4.89. The standard InChI is InChI=1S/C12H12N2O/c1-2-5-11(6-3-1)7-10-15-12-13-8-4-9-14-12/h1-6,8-9H,7,10H2. The first-order chi connectivity index (χ1) is 7.45. The second-order valence-corrected chi connectivity index (χ2v) is 3.12. The third-order valence-corrected chi connectivity index (χ3v) is 2.01. The highest BCUT2D eigenvalue weighted by Gasteiger charge is 1.95. The van der Waals surface area contributed by atoms with Crippen LogP contribution >= 0.6 is 0 Å². The Morgan fingerprint density at radius 1 is 0.933 bits per heavy atom. The van der Waals surface area contributed by atoms with Gasteiger partial charge in [-0.3, -0.25) is 0 Å². The lowest BCUT2D eigenvalue weighted by atomic mass is 10.2. The lowest BCUT2D eigenvalue weighted by Gasteiger charge is -2.03. The molecule has 0 aliphatic carbocycles. The van der Waals surface area contributed by atoms with Gasteiger partial charge >= 0.3 is 6.01 Å². The molecule has 76 valence electrons. The van der Waals surface area contributed by atoms with Crippen LogP contribution in [0.25, 0.3) is 0 Å². The summed E-state index contributed by atoms with van der Waals surface area (Å²) in [5.41, 5.74) is 1.26. The van der Waals surface area contributed by atoms with E-state index in [9.17, 15) is 0 Å². The van der Waals surface area contributed by atoms with Crippen molar-refractivity contribution >= 4 is 0 Å². The minimum Gasteiger partial charge on any atom is -0.463 e. The van der Waals surface area contributed by atoms with E-state index in [4.69, 9.17) is 4.74 Å². The third kappa shape index (κ3) is 3.06. The summed E-state index contributed by atoms with van der Waals surface area (Å²) in [4.78, 5) is 7.95. The molecular formula is C12H12N2O. The number of rotatable bonds is 4. The molecule has 2 rings (SSSR count). The molecule has 3 nitrogen and oxygen atoms in total. The molecule has 0 aliphatic rings. The molecule has 0 amide bonds. The van der Waals surface area contributed by atoms with Gasteiger partial charge in [0.25, 0.3) is 0 Å². The Labute approximate surface area is 88.8 Å². The number of ether oxygens (including phenoxy) is 1. The van der Waals surface area contributed by atoms with Gasteiger partial charge in [-0.1, -0.05) is 30.3 Å². The zero-order valence-electron chi connectivity index (χ0n) is 8.34. The first-order valence-electron chi connectivity index (χ1n) is 4.89. The molecule has 0 bridgehead atoms. The SMILES string of the molecule is c1ccc(CCOc2ncccn2)cc1. The molecular weight excluding hydrogens is 188 g/mol. The van der Waals surface area contributed by atoms with E-state index >= 15 is 0 Å². The summed E-state index contributed by atoms with van der Waals surface area (Å²) < 4.78 is 5.39. The second-order valence-electron chi connectivity index (χ2n) is 3.12. The maximum absolute atomic E-state index is 5.39. The van der Waals surface area contributed by atoms with Crippen LogP contribution in [0.2, 0.25) is 0 Å². The average Bonchev–Trinajstić information content (AvgIpc) is 2.32. The van der Waals surface area contributed by atoms with E-state index in [-0.39, 0.29) is 0 Å². The van der Waals surface area contributed by atoms with Crippen LogP contribution in [-0.2, 0) is 6.42 Å². The fraction of sp³-hybridized carbons (Fsp3) is 0.167. The number of aromatic nitrogens is 2. The summed E-state index contributed by atoms with van der Waals surface area (Å²) in [6.45, 7) is 0.605. The number of hydrogen-bond donors (Lipinski definition) is 0. The molecule has 15 heavy (non-hydrogen) atoms. The lowest BCUT2D eigenvalue weighted by molar-refractivity contribution is 0.296. The Balaban J connectivity index is 1.81. The quantitative estimate of drug-likeness (QED) is 0.758. The maximum atomic E-state index is 5.39. The van der Waals surface area contributed by atoms with Crippen LogP contribution in [-0.4, -0.2) is 16.6 Å². The predicted molar refractivity (Wildman–Crippen MR) is 57.7 cm³/mol. The second kappa shape index (κ2) is 5.10. The molecule has 0 saturated heterocycles. The van der Waals surface area contributed by atoms with Crippen LogP contribution in [0, 0.1) is 0 Å². The molecule has 0 spiro atoms. The largest absolute Gasteiger partial charge is 0.463 e. The van der Waals surface area contributed by atoms with Gasteiger partial charge in [-0.25, -0.2) is 9.97 Å². The van der Waals surface area contributed by atoms with Gasteiger partial charge in [-0.15, -0.1) is 0 Å². The molecule has 0 saturated carbocycles. The van der Waals surface area contributed by atoms with Crippen molar-refractivity contribution < 1.29 is 4.74 Å². The zero-order chi connectivity index (χ0) is 10.3. The van der Waals surface area contributed by atoms with Crippen LogP contribution in [0.15, 0.2) is 48.8 Å². The number of nitrogens with zero attached hydrogens (tertiary/aromatic N) is 2. The molecule has 3 heteroatoms. The smallest absolute Gasteiger partial charge is 0.316 e. The fourth-order valence-corrected chi connectivity index (χ4v) is 1.26. The number of benzene rings is 1. The summed E-state index contributed by atoms with van der Waals surface area (Å²) in [6.07, 6.45) is 4.22. The molecule has 1 aromatic heterocycles. The molecule has 0 radical (unpaired) electrons. The van der Waals surface area contributed by atoms with E-state index in [1.54, 1.807) is 18.5 Å². The van der Waals surface area contributed by atoms with Crippen molar-refractivity contribution in [1.82, 2.24) is 9.97 Å². The van der Waals surface area contributed by atoms with E-state index in [1.807, 2.05) is 18.2 Å². The molecule has 2 aromatic rings. The average molecular weight is 200 g/mol. The lowest BCUT2D eigenvalue weighted by Crippen LogP contribution is -2.03. The van der Waals surface area contributed by atoms with E-state index in [2.05, 4.69) is 22.1 Å². The van der Waals surface area contributed by atoms with Crippen LogP contribution in [0.4, 0.5) is 0 Å². The summed E-state index contributed by atoms with van der Waals surface area (Å²) in [5.74, 6) is 0. The van der Waals surface area contributed by atoms with Crippen molar-refractivity contribution in [2.75, 3.05) is 6.61 Å². The van der Waals surface area contributed by atoms with E-state index in [1.165, 1.54) is 5.56 Å². The Morgan fingerprint density at radius 2 is 1.67 bits per heavy atom. The molecule has 0 fully saturated rings. The van der Waals surface area contributed by atoms with Crippen molar-refractivity contribution in [1.29, 1.82) is 0 Å². The van der Waals surface area contributed by atoms with Crippen LogP contribution < -0.4 is 4.74 Å². The normalized spacial score (nSPS) is 9.87. The highest BCUT2D eigenvalue weighted by atomic mass is 16.5. The van der Waals surface area contributed by atoms with Gasteiger partial charge in [0, 0.05) is 18.8 Å². The highest BCUT2D eigenvalue weighted by molar-refractivity contribution is 5.14. The Bertz CT molecular complexity index is 349. The minimum absolute atomic E-state index is 0.438. The monoisotopic (exact) mass is 200 g/mol. The van der Waals surface area contributed by atoms with E-state index in [0.717, 1.165) is 6.42 Å². The van der Waals surface area contributed by atoms with E-state index in [0.29, 0.717) is 12.6 Å². The molecule has 1 heterocycles. The molecule has 0 aliphatic heterocycles. The van der Waals surface area contributed by atoms with Gasteiger partial charge < -0.3 is 4.74 Å². The summed E-state index contributed by atoms with van der Waals surface area (Å²) in [5, 5.41) is 0. The zero-order valence-corrected chi connectivity index (χ0v) is 8.34. The minimum atomic E-state index is 0.438. The van der Waals surface area contributed by atoms with Gasteiger partial charge in [-0.05, 0) is 11.6 Å². The first kappa shape index (κ1) is 9.65. The molecule has 0 atom stereocenters. The fourth-order valence-electron chi connectivity index (χ4n) is 1.26. The summed E-state index contributed by atoms with van der Waals surface area (Å²) in [6, 6.07) is 12.4. The van der Waals surface area contributed by atoms with Crippen LogP contribution in [0.3, 0.4) is 0 Å². The van der Waals surface area contributed by atoms with Crippen molar-refractivity contribution in [3.8, 4) is 6.01 Å². The Morgan fingerprint density at radius 3 is 2.40 bits per heavy atom. The van der Waals surface area contributed by atoms with Gasteiger partial charge in [0.2, 0.25) is 0 Å². The third-order valence-electron chi connectivity index (χ3n) is 2.01. The highest BCUT2D eigenvalue weighted by Crippen LogP contribution is 2.02. The van der Waals surface area contributed by atoms with Crippen molar-refractivity contribution in [3.63, 3.8) is 0 Å². The molecule has 0 N–H and O–H groups in total. The Hall–Kier alpha value is -1.90. The summed E-state index contributed by atoms with van der Waals surface area (Å²) >= 11 is 0. The summed E-state index contributed by atoms with van der Waals surface area (Å²) in [7, 11) is 0. The van der Waals surface area contributed by atoms with E-state index < -0.39 is 0 Å². The molecule has 1 aromatic carbocycles. The Kier molecular flexibility index (Phi) is 3.28. The van der Waals surface area contributed by atoms with Gasteiger partial charge in [-0.2, -0.15) is 0 Å². The van der Waals surface area contributed by atoms with Gasteiger partial charge in [0.15, 0.2) is 0 Å². The van der Waals surface area contributed by atoms with Gasteiger partial charge in [0.1, 0.15) is 0 Å². The number of hydrogen-bond acceptors (Lipinski definition) is 3. The van der Waals surface area contributed by atoms with Crippen molar-refractivity contribution in [2.45, 2.75) is 6.42 Å². The maximum Gasteiger partial charge on any atom is 0.316 e. The van der Waals surface area contributed by atoms with Crippen LogP contribution in [0.1, 0.15) is 5.56 Å². The molecule has 0 unspecified atom stereocenters. The van der Waals surface area contributed by atoms with Crippen LogP contribution in [0.5, 0.6) is 6.01 Å². The topological polar surface area (TPSA) is 35.0 Å². The van der Waals surface area contributed by atoms with Crippen molar-refractivity contribution in [2.24, 2.45) is 0 Å².